The Morgan fingerprint density at radius 1 is 0.957 bits per heavy atom. The molecule has 1 amide bonds. The first-order chi connectivity index (χ1) is 11.2. The molecule has 0 aliphatic heterocycles. The lowest BCUT2D eigenvalue weighted by Crippen LogP contribution is -2.07. The molecule has 0 saturated heterocycles. The Morgan fingerprint density at radius 2 is 1.61 bits per heavy atom. The lowest BCUT2D eigenvalue weighted by molar-refractivity contribution is -0.114. The molecule has 5 heteroatoms. The summed E-state index contributed by atoms with van der Waals surface area (Å²) in [5.74, 6) is 2.23. The minimum Gasteiger partial charge on any atom is -0.497 e. The molecular weight excluding hydrogens is 294 g/mol. The van der Waals surface area contributed by atoms with Gasteiger partial charge in [0, 0.05) is 25.1 Å². The van der Waals surface area contributed by atoms with Gasteiger partial charge in [-0.2, -0.15) is 0 Å². The Morgan fingerprint density at radius 3 is 2.26 bits per heavy atom. The number of amides is 1. The molecule has 0 aliphatic rings. The Kier molecular flexibility index (Phi) is 6.29. The van der Waals surface area contributed by atoms with Gasteiger partial charge in [-0.3, -0.25) is 4.79 Å². The third-order valence-corrected chi connectivity index (χ3v) is 3.04. The van der Waals surface area contributed by atoms with Gasteiger partial charge in [0.05, 0.1) is 20.3 Å². The van der Waals surface area contributed by atoms with Gasteiger partial charge in [0.15, 0.2) is 0 Å². The predicted octanol–water partition coefficient (Wildman–Crippen LogP) is 3.50. The van der Waals surface area contributed by atoms with Crippen LogP contribution in [0.25, 0.3) is 0 Å². The van der Waals surface area contributed by atoms with Crippen LogP contribution in [0.4, 0.5) is 5.69 Å². The third-order valence-electron chi connectivity index (χ3n) is 3.04. The van der Waals surface area contributed by atoms with Crippen LogP contribution >= 0.6 is 0 Å². The zero-order valence-corrected chi connectivity index (χ0v) is 13.4. The molecule has 0 fully saturated rings. The number of methoxy groups -OCH3 is 1. The zero-order chi connectivity index (χ0) is 16.5. The number of carbonyl (C=O) groups excluding carboxylic acids is 1. The van der Waals surface area contributed by atoms with Crippen LogP contribution in [0.3, 0.4) is 0 Å². The fraction of sp³-hybridized carbons (Fsp3) is 0.278. The second-order valence-corrected chi connectivity index (χ2v) is 4.94. The van der Waals surface area contributed by atoms with E-state index in [0.717, 1.165) is 29.4 Å². The highest BCUT2D eigenvalue weighted by Gasteiger charge is 1.99. The van der Waals surface area contributed by atoms with Crippen molar-refractivity contribution in [2.75, 3.05) is 25.6 Å². The Hall–Kier alpha value is -2.69. The maximum atomic E-state index is 11.0. The van der Waals surface area contributed by atoms with Crippen LogP contribution < -0.4 is 19.5 Å². The van der Waals surface area contributed by atoms with Gasteiger partial charge >= 0.3 is 0 Å². The van der Waals surface area contributed by atoms with E-state index in [2.05, 4.69) is 5.32 Å². The molecule has 2 aromatic carbocycles. The standard InChI is InChI=1S/C18H21NO4/c1-14(20)19-15-5-3-6-18(13-15)23-12-4-11-22-17-9-7-16(21-2)8-10-17/h3,5-10,13H,4,11-12H2,1-2H3,(H,19,20). The van der Waals surface area contributed by atoms with Gasteiger partial charge in [0.2, 0.25) is 5.91 Å². The third kappa shape index (κ3) is 5.90. The molecule has 0 atom stereocenters. The van der Waals surface area contributed by atoms with Crippen molar-refractivity contribution < 1.29 is 19.0 Å². The number of hydrogen-bond donors (Lipinski definition) is 1. The minimum atomic E-state index is -0.102. The summed E-state index contributed by atoms with van der Waals surface area (Å²) in [5.41, 5.74) is 0.726. The van der Waals surface area contributed by atoms with E-state index in [9.17, 15) is 4.79 Å². The van der Waals surface area contributed by atoms with Gasteiger partial charge in [-0.15, -0.1) is 0 Å². The second kappa shape index (κ2) is 8.68. The number of rotatable bonds is 8. The summed E-state index contributed by atoms with van der Waals surface area (Å²) in [7, 11) is 1.63. The topological polar surface area (TPSA) is 56.8 Å². The molecule has 5 nitrogen and oxygen atoms in total. The Labute approximate surface area is 136 Å². The summed E-state index contributed by atoms with van der Waals surface area (Å²) in [6.45, 7) is 2.58. The average molecular weight is 315 g/mol. The average Bonchev–Trinajstić information content (AvgIpc) is 2.55. The number of benzene rings is 2. The molecule has 2 rings (SSSR count). The van der Waals surface area contributed by atoms with Crippen molar-refractivity contribution in [2.45, 2.75) is 13.3 Å². The number of carbonyl (C=O) groups is 1. The van der Waals surface area contributed by atoms with E-state index in [1.165, 1.54) is 6.92 Å². The van der Waals surface area contributed by atoms with Crippen molar-refractivity contribution in [1.82, 2.24) is 0 Å². The van der Waals surface area contributed by atoms with Crippen molar-refractivity contribution in [3.8, 4) is 17.2 Å². The lowest BCUT2D eigenvalue weighted by Gasteiger charge is -2.09. The second-order valence-electron chi connectivity index (χ2n) is 4.94. The Balaban J connectivity index is 1.69. The summed E-state index contributed by atoms with van der Waals surface area (Å²) in [6.07, 6.45) is 0.760. The maximum absolute atomic E-state index is 11.0. The zero-order valence-electron chi connectivity index (χ0n) is 13.4. The van der Waals surface area contributed by atoms with E-state index in [-0.39, 0.29) is 5.91 Å². The van der Waals surface area contributed by atoms with Gasteiger partial charge in [-0.1, -0.05) is 6.07 Å². The van der Waals surface area contributed by atoms with Gasteiger partial charge in [-0.25, -0.2) is 0 Å². The van der Waals surface area contributed by atoms with E-state index in [4.69, 9.17) is 14.2 Å². The number of hydrogen-bond acceptors (Lipinski definition) is 4. The molecule has 0 saturated carbocycles. The molecule has 0 aromatic heterocycles. The summed E-state index contributed by atoms with van der Waals surface area (Å²) in [5, 5.41) is 2.72. The smallest absolute Gasteiger partial charge is 0.221 e. The van der Waals surface area contributed by atoms with Crippen LogP contribution in [0.15, 0.2) is 48.5 Å². The molecule has 0 radical (unpaired) electrons. The largest absolute Gasteiger partial charge is 0.497 e. The highest BCUT2D eigenvalue weighted by molar-refractivity contribution is 5.88. The number of ether oxygens (including phenoxy) is 3. The summed E-state index contributed by atoms with van der Waals surface area (Å²) in [6, 6.07) is 14.8. The molecule has 122 valence electrons. The van der Waals surface area contributed by atoms with Crippen molar-refractivity contribution in [1.29, 1.82) is 0 Å². The molecule has 0 heterocycles. The van der Waals surface area contributed by atoms with Crippen LogP contribution in [0, 0.1) is 0 Å². The van der Waals surface area contributed by atoms with Crippen molar-refractivity contribution in [3.63, 3.8) is 0 Å². The molecule has 0 spiro atoms. The summed E-state index contributed by atoms with van der Waals surface area (Å²) < 4.78 is 16.4. The first-order valence-corrected chi connectivity index (χ1v) is 7.44. The van der Waals surface area contributed by atoms with Crippen molar-refractivity contribution >= 4 is 11.6 Å². The van der Waals surface area contributed by atoms with Crippen LogP contribution in [0.5, 0.6) is 17.2 Å². The van der Waals surface area contributed by atoms with E-state index in [1.54, 1.807) is 13.2 Å². The monoisotopic (exact) mass is 315 g/mol. The summed E-state index contributed by atoms with van der Waals surface area (Å²) >= 11 is 0. The van der Waals surface area contributed by atoms with Gasteiger partial charge in [0.1, 0.15) is 17.2 Å². The molecule has 0 unspecified atom stereocenters. The predicted molar refractivity (Wildman–Crippen MR) is 89.3 cm³/mol. The fourth-order valence-electron chi connectivity index (χ4n) is 1.98. The van der Waals surface area contributed by atoms with Crippen LogP contribution in [0.2, 0.25) is 0 Å². The van der Waals surface area contributed by atoms with Gasteiger partial charge < -0.3 is 19.5 Å². The molecule has 1 N–H and O–H groups in total. The first-order valence-electron chi connectivity index (χ1n) is 7.44. The molecule has 2 aromatic rings. The maximum Gasteiger partial charge on any atom is 0.221 e. The van der Waals surface area contributed by atoms with Gasteiger partial charge in [0.25, 0.3) is 0 Å². The van der Waals surface area contributed by atoms with Crippen molar-refractivity contribution in [3.05, 3.63) is 48.5 Å². The normalized spacial score (nSPS) is 10.0. The SMILES string of the molecule is COc1ccc(OCCCOc2cccc(NC(C)=O)c2)cc1. The van der Waals surface area contributed by atoms with E-state index in [1.807, 2.05) is 42.5 Å². The van der Waals surface area contributed by atoms with Gasteiger partial charge in [-0.05, 0) is 36.4 Å². The minimum absolute atomic E-state index is 0.102. The molecule has 0 bridgehead atoms. The Bertz CT molecular complexity index is 625. The highest BCUT2D eigenvalue weighted by atomic mass is 16.5. The van der Waals surface area contributed by atoms with Crippen LogP contribution in [0.1, 0.15) is 13.3 Å². The van der Waals surface area contributed by atoms with E-state index < -0.39 is 0 Å². The molecular formula is C18H21NO4. The number of nitrogens with one attached hydrogen (secondary N) is 1. The van der Waals surface area contributed by atoms with Crippen LogP contribution in [-0.4, -0.2) is 26.2 Å². The molecule has 0 aliphatic carbocycles. The first kappa shape index (κ1) is 16.7. The number of anilines is 1. The molecule has 23 heavy (non-hydrogen) atoms. The lowest BCUT2D eigenvalue weighted by atomic mass is 10.3. The van der Waals surface area contributed by atoms with Crippen molar-refractivity contribution in [2.24, 2.45) is 0 Å². The highest BCUT2D eigenvalue weighted by Crippen LogP contribution is 2.18. The van der Waals surface area contributed by atoms with Crippen LogP contribution in [-0.2, 0) is 4.79 Å². The van der Waals surface area contributed by atoms with E-state index in [0.29, 0.717) is 13.2 Å². The van der Waals surface area contributed by atoms with E-state index >= 15 is 0 Å². The summed E-state index contributed by atoms with van der Waals surface area (Å²) in [4.78, 5) is 11.0. The quantitative estimate of drug-likeness (QED) is 0.758. The fourth-order valence-corrected chi connectivity index (χ4v) is 1.98.